The fourth-order valence-corrected chi connectivity index (χ4v) is 3.73. The second kappa shape index (κ2) is 3.59. The van der Waals surface area contributed by atoms with E-state index >= 15 is 0 Å². The van der Waals surface area contributed by atoms with Crippen molar-refractivity contribution >= 4 is 5.97 Å². The minimum Gasteiger partial charge on any atom is -0.466 e. The Hall–Kier alpha value is -1.32. The first kappa shape index (κ1) is 10.8. The highest BCUT2D eigenvalue weighted by molar-refractivity contribution is 5.76. The summed E-state index contributed by atoms with van der Waals surface area (Å²) in [6.07, 6.45) is 6.95. The lowest BCUT2D eigenvalue weighted by molar-refractivity contribution is -0.149. The summed E-state index contributed by atoms with van der Waals surface area (Å²) in [6.45, 7) is 2.33. The summed E-state index contributed by atoms with van der Waals surface area (Å²) in [4.78, 5) is 16.5. The van der Waals surface area contributed by atoms with Crippen molar-refractivity contribution in [2.24, 2.45) is 18.9 Å². The van der Waals surface area contributed by atoms with Crippen LogP contribution in [0, 0.1) is 11.8 Å². The Kier molecular flexibility index (Phi) is 2.28. The maximum Gasteiger partial charge on any atom is 0.309 e. The van der Waals surface area contributed by atoms with Gasteiger partial charge in [0.25, 0.3) is 0 Å². The number of carbonyl (C=O) groups excluding carboxylic acids is 1. The van der Waals surface area contributed by atoms with E-state index in [1.165, 1.54) is 0 Å². The van der Waals surface area contributed by atoms with Crippen molar-refractivity contribution in [3.8, 4) is 0 Å². The number of esters is 1. The molecule has 92 valence electrons. The highest BCUT2D eigenvalue weighted by atomic mass is 16.5. The van der Waals surface area contributed by atoms with Gasteiger partial charge in [-0.3, -0.25) is 4.79 Å². The predicted molar refractivity (Wildman–Crippen MR) is 62.4 cm³/mol. The van der Waals surface area contributed by atoms with E-state index in [0.717, 1.165) is 25.1 Å². The molecule has 1 aromatic heterocycles. The van der Waals surface area contributed by atoms with Crippen molar-refractivity contribution in [3.05, 3.63) is 18.2 Å². The molecule has 1 aromatic rings. The Balaban J connectivity index is 1.92. The second-order valence-electron chi connectivity index (χ2n) is 5.33. The second-order valence-corrected chi connectivity index (χ2v) is 5.33. The zero-order valence-electron chi connectivity index (χ0n) is 10.3. The highest BCUT2D eigenvalue weighted by Gasteiger charge is 2.62. The van der Waals surface area contributed by atoms with E-state index < -0.39 is 0 Å². The van der Waals surface area contributed by atoms with Crippen LogP contribution in [0.25, 0.3) is 0 Å². The van der Waals surface area contributed by atoms with Crippen LogP contribution in [0.1, 0.15) is 32.0 Å². The zero-order chi connectivity index (χ0) is 12.0. The molecule has 0 spiro atoms. The molecular formula is C13H18N2O2. The molecule has 0 saturated heterocycles. The van der Waals surface area contributed by atoms with Gasteiger partial charge in [0.05, 0.1) is 12.5 Å². The van der Waals surface area contributed by atoms with Crippen LogP contribution in [0.4, 0.5) is 0 Å². The molecule has 4 heteroatoms. The molecular weight excluding hydrogens is 216 g/mol. The Morgan fingerprint density at radius 1 is 1.65 bits per heavy atom. The fourth-order valence-electron chi connectivity index (χ4n) is 3.73. The molecule has 0 amide bonds. The van der Waals surface area contributed by atoms with Gasteiger partial charge in [0.2, 0.25) is 0 Å². The summed E-state index contributed by atoms with van der Waals surface area (Å²) in [6, 6.07) is 0. The summed E-state index contributed by atoms with van der Waals surface area (Å²) in [7, 11) is 2.00. The monoisotopic (exact) mass is 234 g/mol. The van der Waals surface area contributed by atoms with Crippen LogP contribution in [0.15, 0.2) is 12.4 Å². The van der Waals surface area contributed by atoms with Gasteiger partial charge in [-0.15, -0.1) is 0 Å². The number of fused-ring (bicyclic) bond motifs is 1. The molecule has 3 saturated carbocycles. The number of carbonyl (C=O) groups is 1. The lowest BCUT2D eigenvalue weighted by Gasteiger charge is -2.39. The van der Waals surface area contributed by atoms with E-state index in [0.29, 0.717) is 12.5 Å². The van der Waals surface area contributed by atoms with Crippen LogP contribution in [0.5, 0.6) is 0 Å². The van der Waals surface area contributed by atoms with Crippen molar-refractivity contribution in [2.45, 2.75) is 31.6 Å². The number of hydrogen-bond donors (Lipinski definition) is 0. The van der Waals surface area contributed by atoms with Crippen LogP contribution in [-0.2, 0) is 22.0 Å². The van der Waals surface area contributed by atoms with Crippen LogP contribution >= 0.6 is 0 Å². The first-order valence-corrected chi connectivity index (χ1v) is 6.32. The molecule has 0 N–H and O–H groups in total. The number of hydrogen-bond acceptors (Lipinski definition) is 3. The molecule has 1 unspecified atom stereocenters. The Labute approximate surface area is 101 Å². The number of nitrogens with zero attached hydrogens (tertiary/aromatic N) is 2. The van der Waals surface area contributed by atoms with Crippen molar-refractivity contribution in [2.75, 3.05) is 6.61 Å². The quantitative estimate of drug-likeness (QED) is 0.747. The molecule has 0 aliphatic heterocycles. The molecule has 1 atom stereocenters. The molecule has 1 heterocycles. The lowest BCUT2D eigenvalue weighted by atomic mass is 9.66. The van der Waals surface area contributed by atoms with Crippen LogP contribution in [0.3, 0.4) is 0 Å². The minimum atomic E-state index is -0.0326. The summed E-state index contributed by atoms with van der Waals surface area (Å²) < 4.78 is 7.26. The van der Waals surface area contributed by atoms with Gasteiger partial charge in [-0.2, -0.15) is 0 Å². The first-order chi connectivity index (χ1) is 8.17. The molecule has 4 nitrogen and oxygen atoms in total. The third-order valence-corrected chi connectivity index (χ3v) is 4.38. The Bertz CT molecular complexity index is 446. The molecule has 2 bridgehead atoms. The summed E-state index contributed by atoms with van der Waals surface area (Å²) in [5, 5.41) is 0. The van der Waals surface area contributed by atoms with Gasteiger partial charge in [0, 0.05) is 24.9 Å². The van der Waals surface area contributed by atoms with E-state index in [1.54, 1.807) is 0 Å². The molecule has 3 fully saturated rings. The number of ether oxygens (including phenoxy) is 1. The smallest absolute Gasteiger partial charge is 0.309 e. The van der Waals surface area contributed by atoms with E-state index in [4.69, 9.17) is 4.74 Å². The summed E-state index contributed by atoms with van der Waals surface area (Å²) in [5.74, 6) is 1.74. The Morgan fingerprint density at radius 3 is 3.00 bits per heavy atom. The molecule has 4 rings (SSSR count). The van der Waals surface area contributed by atoms with E-state index in [9.17, 15) is 4.79 Å². The first-order valence-electron chi connectivity index (χ1n) is 6.32. The third kappa shape index (κ3) is 1.36. The summed E-state index contributed by atoms with van der Waals surface area (Å²) >= 11 is 0. The molecule has 3 aliphatic carbocycles. The van der Waals surface area contributed by atoms with Crippen LogP contribution < -0.4 is 0 Å². The largest absolute Gasteiger partial charge is 0.466 e. The molecule has 17 heavy (non-hydrogen) atoms. The van der Waals surface area contributed by atoms with Gasteiger partial charge < -0.3 is 9.30 Å². The maximum atomic E-state index is 12.0. The fraction of sp³-hybridized carbons (Fsp3) is 0.692. The number of imidazole rings is 1. The topological polar surface area (TPSA) is 44.1 Å². The van der Waals surface area contributed by atoms with Gasteiger partial charge in [-0.1, -0.05) is 0 Å². The van der Waals surface area contributed by atoms with Gasteiger partial charge in [-0.25, -0.2) is 4.98 Å². The number of aromatic nitrogens is 2. The number of aryl methyl sites for hydroxylation is 1. The van der Waals surface area contributed by atoms with Crippen LogP contribution in [-0.4, -0.2) is 22.1 Å². The summed E-state index contributed by atoms with van der Waals surface area (Å²) in [5.41, 5.74) is -0.0326. The highest BCUT2D eigenvalue weighted by Crippen LogP contribution is 2.62. The van der Waals surface area contributed by atoms with Crippen molar-refractivity contribution in [1.82, 2.24) is 9.55 Å². The normalized spacial score (nSPS) is 34.5. The van der Waals surface area contributed by atoms with Crippen molar-refractivity contribution < 1.29 is 9.53 Å². The molecule has 0 radical (unpaired) electrons. The van der Waals surface area contributed by atoms with Crippen LogP contribution in [0.2, 0.25) is 0 Å². The van der Waals surface area contributed by atoms with Gasteiger partial charge >= 0.3 is 5.97 Å². The molecule has 0 aromatic carbocycles. The lowest BCUT2D eigenvalue weighted by Crippen LogP contribution is -2.42. The number of rotatable bonds is 3. The SMILES string of the molecule is CCOC(=O)C1CC2CC1(c1nccn1C)C2. The maximum absolute atomic E-state index is 12.0. The zero-order valence-corrected chi connectivity index (χ0v) is 10.3. The minimum absolute atomic E-state index is 0.0218. The van der Waals surface area contributed by atoms with Crippen molar-refractivity contribution in [3.63, 3.8) is 0 Å². The van der Waals surface area contributed by atoms with Gasteiger partial charge in [0.1, 0.15) is 5.82 Å². The predicted octanol–water partition coefficient (Wildman–Crippen LogP) is 1.65. The van der Waals surface area contributed by atoms with Gasteiger partial charge in [-0.05, 0) is 32.1 Å². The average Bonchev–Trinajstić information content (AvgIpc) is 2.88. The standard InChI is InChI=1S/C13H18N2O2/c1-3-17-11(16)10-6-9-7-13(10,8-9)12-14-4-5-15(12)2/h4-5,9-10H,3,6-8H2,1-2H3. The van der Waals surface area contributed by atoms with Crippen molar-refractivity contribution in [1.29, 1.82) is 0 Å². The van der Waals surface area contributed by atoms with Gasteiger partial charge in [0.15, 0.2) is 0 Å². The third-order valence-electron chi connectivity index (χ3n) is 4.38. The Morgan fingerprint density at radius 2 is 2.41 bits per heavy atom. The van der Waals surface area contributed by atoms with E-state index in [1.807, 2.05) is 30.9 Å². The average molecular weight is 234 g/mol. The van der Waals surface area contributed by atoms with E-state index in [-0.39, 0.29) is 17.3 Å². The van der Waals surface area contributed by atoms with E-state index in [2.05, 4.69) is 4.98 Å². The molecule has 3 aliphatic rings.